The number of likely N-dealkylation sites (tertiary alicyclic amines) is 1. The molecule has 8 nitrogen and oxygen atoms in total. The molecule has 0 amide bonds. The van der Waals surface area contributed by atoms with E-state index in [4.69, 9.17) is 19.9 Å². The highest BCUT2D eigenvalue weighted by molar-refractivity contribution is 8.13. The van der Waals surface area contributed by atoms with Crippen molar-refractivity contribution in [3.63, 3.8) is 0 Å². The minimum absolute atomic E-state index is 0.00466. The van der Waals surface area contributed by atoms with Gasteiger partial charge in [-0.1, -0.05) is 30.0 Å². The van der Waals surface area contributed by atoms with Gasteiger partial charge in [0.05, 0.1) is 12.3 Å². The molecule has 39 heavy (non-hydrogen) atoms. The van der Waals surface area contributed by atoms with E-state index in [1.807, 2.05) is 17.8 Å². The Kier molecular flexibility index (Phi) is 11.8. The molecular weight excluding hydrogens is 528 g/mol. The fourth-order valence-corrected chi connectivity index (χ4v) is 5.28. The van der Waals surface area contributed by atoms with Crippen LogP contribution in [0, 0.1) is 11.6 Å². The molecule has 0 aliphatic carbocycles. The molecular formula is C28H33F2N3O5S. The number of aliphatic imine (C=N–C) groups is 1. The number of aliphatic carboxylic acids is 2. The summed E-state index contributed by atoms with van der Waals surface area (Å²) in [4.78, 5) is 28.8. The molecule has 2 aliphatic heterocycles. The number of carboxylic acid groups (broad SMARTS) is 2. The molecule has 1 saturated heterocycles. The molecule has 1 fully saturated rings. The minimum Gasteiger partial charge on any atom is -0.490 e. The summed E-state index contributed by atoms with van der Waals surface area (Å²) >= 11 is 1.83. The highest BCUT2D eigenvalue weighted by Crippen LogP contribution is 2.33. The van der Waals surface area contributed by atoms with E-state index in [2.05, 4.69) is 35.0 Å². The lowest BCUT2D eigenvalue weighted by molar-refractivity contribution is -0.134. The number of halogens is 2. The molecule has 0 unspecified atom stereocenters. The Hall–Kier alpha value is -3.44. The van der Waals surface area contributed by atoms with Crippen LogP contribution in [0.2, 0.25) is 0 Å². The van der Waals surface area contributed by atoms with Crippen molar-refractivity contribution in [1.82, 2.24) is 9.80 Å². The van der Waals surface area contributed by atoms with Gasteiger partial charge >= 0.3 is 11.9 Å². The van der Waals surface area contributed by atoms with Crippen molar-refractivity contribution in [1.29, 1.82) is 0 Å². The number of nitrogens with zero attached hydrogens (tertiary/aromatic N) is 3. The van der Waals surface area contributed by atoms with Crippen molar-refractivity contribution in [3.8, 4) is 5.75 Å². The van der Waals surface area contributed by atoms with Crippen LogP contribution < -0.4 is 4.74 Å². The van der Waals surface area contributed by atoms with Gasteiger partial charge in [0.25, 0.3) is 0 Å². The second-order valence-corrected chi connectivity index (χ2v) is 10.1. The third-order valence-corrected chi connectivity index (χ3v) is 7.45. The van der Waals surface area contributed by atoms with Crippen LogP contribution in [-0.4, -0.2) is 76.4 Å². The standard InChI is InChI=1S/C24H29F2N3OS.C4H4O4/c1-28(24-27-22-7-3-2-6-18(22)17-31-24)20-10-13-29(14-11-20)12-4-5-15-30-23-16-19(25)8-9-21(23)26;5-3(6)1-2-4(7)8/h2-3,6-9,16,20H,4-5,10-15,17H2,1H3;1-2H,(H,5,6)(H,7,8). The molecule has 2 aromatic carbocycles. The van der Waals surface area contributed by atoms with E-state index < -0.39 is 23.6 Å². The van der Waals surface area contributed by atoms with Gasteiger partial charge in [-0.15, -0.1) is 0 Å². The number of unbranched alkanes of at least 4 members (excludes halogenated alkanes) is 1. The van der Waals surface area contributed by atoms with Crippen LogP contribution in [0.5, 0.6) is 5.75 Å². The van der Waals surface area contributed by atoms with Crippen molar-refractivity contribution in [2.45, 2.75) is 37.5 Å². The van der Waals surface area contributed by atoms with Crippen LogP contribution in [0.4, 0.5) is 14.5 Å². The highest BCUT2D eigenvalue weighted by Gasteiger charge is 2.26. The topological polar surface area (TPSA) is 103 Å². The number of para-hydroxylation sites is 1. The summed E-state index contributed by atoms with van der Waals surface area (Å²) in [6.07, 6.45) is 5.18. The molecule has 0 spiro atoms. The first kappa shape index (κ1) is 30.1. The maximum atomic E-state index is 13.6. The number of amidine groups is 1. The third kappa shape index (κ3) is 9.99. The predicted octanol–water partition coefficient (Wildman–Crippen LogP) is 5.17. The van der Waals surface area contributed by atoms with E-state index in [9.17, 15) is 18.4 Å². The Morgan fingerprint density at radius 2 is 1.79 bits per heavy atom. The summed E-state index contributed by atoms with van der Waals surface area (Å²) in [7, 11) is 2.17. The molecule has 0 saturated carbocycles. The lowest BCUT2D eigenvalue weighted by Gasteiger charge is -2.38. The van der Waals surface area contributed by atoms with Gasteiger partial charge in [-0.2, -0.15) is 0 Å². The smallest absolute Gasteiger partial charge is 0.328 e. The Morgan fingerprint density at radius 3 is 2.49 bits per heavy atom. The minimum atomic E-state index is -1.26. The molecule has 11 heteroatoms. The van der Waals surface area contributed by atoms with E-state index in [1.165, 1.54) is 5.56 Å². The first-order valence-electron chi connectivity index (χ1n) is 12.7. The molecule has 2 aromatic rings. The molecule has 0 radical (unpaired) electrons. The lowest BCUT2D eigenvalue weighted by atomic mass is 10.0. The second kappa shape index (κ2) is 15.2. The number of benzene rings is 2. The molecule has 0 atom stereocenters. The third-order valence-electron chi connectivity index (χ3n) is 6.36. The van der Waals surface area contributed by atoms with E-state index in [0.29, 0.717) is 24.8 Å². The average molecular weight is 562 g/mol. The normalized spacial score (nSPS) is 15.6. The number of carboxylic acids is 2. The molecule has 4 rings (SSSR count). The van der Waals surface area contributed by atoms with Gasteiger partial charge < -0.3 is 24.7 Å². The number of rotatable bonds is 9. The number of hydrogen-bond acceptors (Lipinski definition) is 7. The van der Waals surface area contributed by atoms with Gasteiger partial charge in [0, 0.05) is 50.2 Å². The molecule has 210 valence electrons. The van der Waals surface area contributed by atoms with Gasteiger partial charge in [-0.3, -0.25) is 0 Å². The summed E-state index contributed by atoms with van der Waals surface area (Å²) in [5.74, 6) is -2.53. The molecule has 0 aromatic heterocycles. The Bertz CT molecular complexity index is 1170. The van der Waals surface area contributed by atoms with Crippen LogP contribution in [-0.2, 0) is 15.3 Å². The predicted molar refractivity (Wildman–Crippen MR) is 148 cm³/mol. The van der Waals surface area contributed by atoms with Crippen molar-refractivity contribution in [3.05, 3.63) is 71.8 Å². The van der Waals surface area contributed by atoms with Gasteiger partial charge in [0.1, 0.15) is 5.82 Å². The molecule has 2 aliphatic rings. The summed E-state index contributed by atoms with van der Waals surface area (Å²) in [5, 5.41) is 16.7. The summed E-state index contributed by atoms with van der Waals surface area (Å²) < 4.78 is 32.1. The number of thioether (sulfide) groups is 1. The average Bonchev–Trinajstić information content (AvgIpc) is 2.93. The molecule has 0 bridgehead atoms. The van der Waals surface area contributed by atoms with Crippen LogP contribution in [0.25, 0.3) is 0 Å². The fourth-order valence-electron chi connectivity index (χ4n) is 4.24. The Balaban J connectivity index is 0.000000459. The van der Waals surface area contributed by atoms with E-state index in [1.54, 1.807) is 0 Å². The molecule has 2 heterocycles. The Morgan fingerprint density at radius 1 is 1.10 bits per heavy atom. The maximum absolute atomic E-state index is 13.6. The van der Waals surface area contributed by atoms with Crippen LogP contribution in [0.1, 0.15) is 31.2 Å². The van der Waals surface area contributed by atoms with Crippen LogP contribution in [0.3, 0.4) is 0 Å². The van der Waals surface area contributed by atoms with Crippen molar-refractivity contribution in [2.75, 3.05) is 33.3 Å². The second-order valence-electron chi connectivity index (χ2n) is 9.14. The number of ether oxygens (including phenoxy) is 1. The highest BCUT2D eigenvalue weighted by atomic mass is 32.2. The van der Waals surface area contributed by atoms with Gasteiger partial charge in [-0.25, -0.2) is 23.4 Å². The van der Waals surface area contributed by atoms with Crippen molar-refractivity contribution < 1.29 is 33.3 Å². The number of hydrogen-bond donors (Lipinski definition) is 2. The van der Waals surface area contributed by atoms with Crippen molar-refractivity contribution in [2.24, 2.45) is 4.99 Å². The van der Waals surface area contributed by atoms with Crippen molar-refractivity contribution >= 4 is 34.6 Å². The quantitative estimate of drug-likeness (QED) is 0.320. The summed E-state index contributed by atoms with van der Waals surface area (Å²) in [5.41, 5.74) is 2.41. The maximum Gasteiger partial charge on any atom is 0.328 e. The zero-order valence-corrected chi connectivity index (χ0v) is 22.6. The summed E-state index contributed by atoms with van der Waals surface area (Å²) in [6, 6.07) is 12.2. The zero-order valence-electron chi connectivity index (χ0n) is 21.8. The summed E-state index contributed by atoms with van der Waals surface area (Å²) in [6.45, 7) is 3.55. The fraction of sp³-hybridized carbons (Fsp3) is 0.393. The monoisotopic (exact) mass is 561 g/mol. The number of fused-ring (bicyclic) bond motifs is 1. The van der Waals surface area contributed by atoms with Gasteiger partial charge in [0.15, 0.2) is 16.7 Å². The largest absolute Gasteiger partial charge is 0.490 e. The van der Waals surface area contributed by atoms with E-state index in [-0.39, 0.29) is 5.75 Å². The van der Waals surface area contributed by atoms with Gasteiger partial charge in [0.2, 0.25) is 0 Å². The van der Waals surface area contributed by atoms with Gasteiger partial charge in [-0.05, 0) is 56.0 Å². The number of piperidine rings is 1. The first-order valence-corrected chi connectivity index (χ1v) is 13.7. The van der Waals surface area contributed by atoms with E-state index in [0.717, 1.165) is 80.1 Å². The van der Waals surface area contributed by atoms with E-state index >= 15 is 0 Å². The SMILES string of the molecule is CN(C1=Nc2ccccc2CS1)C1CCN(CCCCOc2cc(F)ccc2F)CC1.O=C(O)C=CC(=O)O. The first-order chi connectivity index (χ1) is 18.7. The lowest BCUT2D eigenvalue weighted by Crippen LogP contribution is -2.45. The Labute approximate surface area is 231 Å². The van der Waals surface area contributed by atoms with Crippen LogP contribution in [0.15, 0.2) is 59.6 Å². The molecule has 2 N–H and O–H groups in total. The van der Waals surface area contributed by atoms with Crippen LogP contribution >= 0.6 is 11.8 Å². The zero-order chi connectivity index (χ0) is 28.2. The number of carbonyl (C=O) groups is 2.